The fourth-order valence-corrected chi connectivity index (χ4v) is 1.43. The summed E-state index contributed by atoms with van der Waals surface area (Å²) >= 11 is 0. The molecule has 1 aromatic carbocycles. The minimum Gasteiger partial charge on any atom is -0.458 e. The van der Waals surface area contributed by atoms with Crippen LogP contribution < -0.4 is 0 Å². The predicted octanol–water partition coefficient (Wildman–Crippen LogP) is 1.34. The number of carbonyl (C=O) groups excluding carboxylic acids is 3. The highest BCUT2D eigenvalue weighted by Crippen LogP contribution is 2.21. The molecule has 0 atom stereocenters. The van der Waals surface area contributed by atoms with Gasteiger partial charge in [0, 0.05) is 0 Å². The molecule has 2 rings (SSSR count). The van der Waals surface area contributed by atoms with Crippen molar-refractivity contribution in [1.29, 1.82) is 0 Å². The molecule has 0 radical (unpaired) electrons. The summed E-state index contributed by atoms with van der Waals surface area (Å²) in [5, 5.41) is 0. The monoisotopic (exact) mass is 232 g/mol. The number of fused-ring (bicyclic) bond motifs is 1. The predicted molar refractivity (Wildman–Crippen MR) is 56.7 cm³/mol. The van der Waals surface area contributed by atoms with Gasteiger partial charge in [-0.3, -0.25) is 0 Å². The van der Waals surface area contributed by atoms with E-state index >= 15 is 0 Å². The molecule has 0 saturated carbocycles. The van der Waals surface area contributed by atoms with Gasteiger partial charge < -0.3 is 9.47 Å². The van der Waals surface area contributed by atoms with Gasteiger partial charge in [0.15, 0.2) is 0 Å². The number of benzene rings is 1. The van der Waals surface area contributed by atoms with E-state index in [0.29, 0.717) is 0 Å². The van der Waals surface area contributed by atoms with Gasteiger partial charge in [0.2, 0.25) is 0 Å². The van der Waals surface area contributed by atoms with E-state index in [1.165, 1.54) is 24.3 Å². The second-order valence-corrected chi connectivity index (χ2v) is 3.32. The van der Waals surface area contributed by atoms with Gasteiger partial charge >= 0.3 is 17.9 Å². The Bertz CT molecular complexity index is 530. The summed E-state index contributed by atoms with van der Waals surface area (Å²) in [5.41, 5.74) is 0.440. The van der Waals surface area contributed by atoms with Crippen molar-refractivity contribution in [3.05, 3.63) is 47.5 Å². The summed E-state index contributed by atoms with van der Waals surface area (Å²) in [5.74, 6) is -2.03. The molecule has 1 aromatic rings. The molecule has 1 heterocycles. The minimum absolute atomic E-state index is 0.0826. The van der Waals surface area contributed by atoms with Crippen molar-refractivity contribution in [3.63, 3.8) is 0 Å². The average Bonchev–Trinajstić information content (AvgIpc) is 2.61. The van der Waals surface area contributed by atoms with Gasteiger partial charge in [-0.05, 0) is 18.2 Å². The van der Waals surface area contributed by atoms with Crippen molar-refractivity contribution in [1.82, 2.24) is 0 Å². The second kappa shape index (κ2) is 4.21. The van der Waals surface area contributed by atoms with Gasteiger partial charge in [-0.15, -0.1) is 0 Å². The molecule has 1 aliphatic heterocycles. The number of cyclic esters (lactones) is 2. The lowest BCUT2D eigenvalue weighted by Gasteiger charge is -2.02. The largest absolute Gasteiger partial charge is 0.458 e. The van der Waals surface area contributed by atoms with Gasteiger partial charge in [-0.25, -0.2) is 14.4 Å². The Labute approximate surface area is 96.6 Å². The molecule has 0 amide bonds. The molecule has 5 heteroatoms. The second-order valence-electron chi connectivity index (χ2n) is 3.32. The van der Waals surface area contributed by atoms with Gasteiger partial charge in [0.1, 0.15) is 6.61 Å². The van der Waals surface area contributed by atoms with E-state index in [0.717, 1.165) is 0 Å². The zero-order chi connectivity index (χ0) is 12.4. The first-order valence-corrected chi connectivity index (χ1v) is 4.82. The molecular formula is C12H8O5. The maximum absolute atomic E-state index is 11.5. The van der Waals surface area contributed by atoms with E-state index in [1.54, 1.807) is 0 Å². The zero-order valence-electron chi connectivity index (χ0n) is 8.76. The molecule has 0 spiro atoms. The van der Waals surface area contributed by atoms with Gasteiger partial charge in [-0.2, -0.15) is 0 Å². The van der Waals surface area contributed by atoms with Crippen LogP contribution >= 0.6 is 0 Å². The molecule has 0 fully saturated rings. The Morgan fingerprint density at radius 1 is 1.29 bits per heavy atom. The Morgan fingerprint density at radius 2 is 2.00 bits per heavy atom. The topological polar surface area (TPSA) is 69.7 Å². The van der Waals surface area contributed by atoms with Gasteiger partial charge in [0.05, 0.1) is 16.7 Å². The highest BCUT2D eigenvalue weighted by atomic mass is 16.6. The molecule has 5 nitrogen and oxygen atoms in total. The van der Waals surface area contributed by atoms with Crippen molar-refractivity contribution in [2.45, 2.75) is 0 Å². The van der Waals surface area contributed by atoms with Crippen LogP contribution in [0.2, 0.25) is 0 Å². The number of esters is 3. The lowest BCUT2D eigenvalue weighted by molar-refractivity contribution is 0.0443. The smallest absolute Gasteiger partial charge is 0.346 e. The molecule has 17 heavy (non-hydrogen) atoms. The van der Waals surface area contributed by atoms with Crippen LogP contribution in [0.25, 0.3) is 0 Å². The summed E-state index contributed by atoms with van der Waals surface area (Å²) in [6, 6.07) is 4.06. The summed E-state index contributed by atoms with van der Waals surface area (Å²) in [6.07, 6.45) is 1.43. The molecule has 0 bridgehead atoms. The molecule has 0 aliphatic carbocycles. The number of rotatable bonds is 3. The lowest BCUT2D eigenvalue weighted by Crippen LogP contribution is -2.06. The quantitative estimate of drug-likeness (QED) is 0.447. The van der Waals surface area contributed by atoms with Crippen LogP contribution in [0.5, 0.6) is 0 Å². The summed E-state index contributed by atoms with van der Waals surface area (Å²) < 4.78 is 9.21. The van der Waals surface area contributed by atoms with Crippen LogP contribution in [0.1, 0.15) is 31.1 Å². The van der Waals surface area contributed by atoms with E-state index in [4.69, 9.17) is 4.74 Å². The third kappa shape index (κ3) is 1.94. The first-order valence-electron chi connectivity index (χ1n) is 4.82. The lowest BCUT2D eigenvalue weighted by atomic mass is 10.1. The maximum Gasteiger partial charge on any atom is 0.346 e. The average molecular weight is 232 g/mol. The molecule has 0 N–H and O–H groups in total. The number of hydrogen-bond acceptors (Lipinski definition) is 5. The Morgan fingerprint density at radius 3 is 2.71 bits per heavy atom. The minimum atomic E-state index is -0.747. The van der Waals surface area contributed by atoms with Crippen LogP contribution in [0.3, 0.4) is 0 Å². The van der Waals surface area contributed by atoms with Crippen LogP contribution in [0, 0.1) is 0 Å². The summed E-state index contributed by atoms with van der Waals surface area (Å²) in [4.78, 5) is 33.9. The maximum atomic E-state index is 11.5. The van der Waals surface area contributed by atoms with Gasteiger partial charge in [-0.1, -0.05) is 12.7 Å². The third-order valence-electron chi connectivity index (χ3n) is 2.21. The SMILES string of the molecule is C=CCOC(=O)c1ccc2c(c1)C(=O)OC2=O. The highest BCUT2D eigenvalue weighted by Gasteiger charge is 2.30. The molecule has 86 valence electrons. The fourth-order valence-electron chi connectivity index (χ4n) is 1.43. The molecule has 0 unspecified atom stereocenters. The molecule has 1 aliphatic rings. The van der Waals surface area contributed by atoms with Crippen LogP contribution in [0.4, 0.5) is 0 Å². The van der Waals surface area contributed by atoms with E-state index in [1.807, 2.05) is 0 Å². The Hall–Kier alpha value is -2.43. The Balaban J connectivity index is 2.31. The molecular weight excluding hydrogens is 224 g/mol. The van der Waals surface area contributed by atoms with Crippen molar-refractivity contribution in [3.8, 4) is 0 Å². The first kappa shape index (κ1) is 11.1. The standard InChI is InChI=1S/C12H8O5/c1-2-5-16-10(13)7-3-4-8-9(6-7)12(15)17-11(8)14/h2-4,6H,1,5H2. The van der Waals surface area contributed by atoms with Crippen LogP contribution in [0.15, 0.2) is 30.9 Å². The first-order chi connectivity index (χ1) is 8.13. The number of hydrogen-bond donors (Lipinski definition) is 0. The van der Waals surface area contributed by atoms with E-state index in [2.05, 4.69) is 11.3 Å². The van der Waals surface area contributed by atoms with Crippen molar-refractivity contribution >= 4 is 17.9 Å². The normalized spacial score (nSPS) is 12.9. The fraction of sp³-hybridized carbons (Fsp3) is 0.0833. The van der Waals surface area contributed by atoms with E-state index in [-0.39, 0.29) is 23.3 Å². The zero-order valence-corrected chi connectivity index (χ0v) is 8.76. The third-order valence-corrected chi connectivity index (χ3v) is 2.21. The van der Waals surface area contributed by atoms with Crippen molar-refractivity contribution < 1.29 is 23.9 Å². The van der Waals surface area contributed by atoms with Crippen LogP contribution in [-0.4, -0.2) is 24.5 Å². The summed E-state index contributed by atoms with van der Waals surface area (Å²) in [7, 11) is 0. The van der Waals surface area contributed by atoms with E-state index in [9.17, 15) is 14.4 Å². The van der Waals surface area contributed by atoms with Gasteiger partial charge in [0.25, 0.3) is 0 Å². The molecule has 0 saturated heterocycles. The Kier molecular flexibility index (Phi) is 2.74. The number of ether oxygens (including phenoxy) is 2. The molecule has 0 aromatic heterocycles. The summed E-state index contributed by atoms with van der Waals surface area (Å²) in [6.45, 7) is 3.49. The number of carbonyl (C=O) groups is 3. The van der Waals surface area contributed by atoms with Crippen molar-refractivity contribution in [2.24, 2.45) is 0 Å². The van der Waals surface area contributed by atoms with Crippen molar-refractivity contribution in [2.75, 3.05) is 6.61 Å². The van der Waals surface area contributed by atoms with E-state index < -0.39 is 17.9 Å². The highest BCUT2D eigenvalue weighted by molar-refractivity contribution is 6.15. The van der Waals surface area contributed by atoms with Crippen LogP contribution in [-0.2, 0) is 9.47 Å².